The van der Waals surface area contributed by atoms with Crippen molar-refractivity contribution in [2.75, 3.05) is 0 Å². The predicted molar refractivity (Wildman–Crippen MR) is 258 cm³/mol. The lowest BCUT2D eigenvalue weighted by Gasteiger charge is -2.31. The minimum Gasteiger partial charge on any atom is -0.292 e. The molecule has 1 unspecified atom stereocenters. The molecule has 2 heterocycles. The zero-order chi connectivity index (χ0) is 40.9. The van der Waals surface area contributed by atoms with Crippen LogP contribution < -0.4 is 5.46 Å². The molecule has 0 aliphatic heterocycles. The lowest BCUT2D eigenvalue weighted by molar-refractivity contribution is 0.794. The molecule has 2 aromatic heterocycles. The number of hydrogen-bond donors (Lipinski definition) is 0. The quantitative estimate of drug-likeness (QED) is 0.163. The van der Waals surface area contributed by atoms with Gasteiger partial charge in [-0.3, -0.25) is 9.13 Å². The summed E-state index contributed by atoms with van der Waals surface area (Å²) in [5.41, 5.74) is 22.5. The van der Waals surface area contributed by atoms with Crippen LogP contribution in [0.2, 0.25) is 0 Å². The molecule has 0 amide bonds. The Morgan fingerprint density at radius 2 is 0.774 bits per heavy atom. The van der Waals surface area contributed by atoms with E-state index >= 15 is 0 Å². The van der Waals surface area contributed by atoms with Gasteiger partial charge >= 0.3 is 0 Å². The summed E-state index contributed by atoms with van der Waals surface area (Å²) >= 11 is 0. The van der Waals surface area contributed by atoms with Crippen molar-refractivity contribution in [1.82, 2.24) is 19.1 Å². The Hall–Kier alpha value is -8.02. The van der Waals surface area contributed by atoms with Crippen molar-refractivity contribution in [1.29, 1.82) is 0 Å². The molecule has 0 fully saturated rings. The number of nitrogens with zero attached hydrogens (tertiary/aromatic N) is 4. The van der Waals surface area contributed by atoms with E-state index in [-0.39, 0.29) is 7.85 Å². The lowest BCUT2D eigenvalue weighted by Crippen LogP contribution is -2.26. The van der Waals surface area contributed by atoms with Crippen molar-refractivity contribution < 1.29 is 0 Å². The highest BCUT2D eigenvalue weighted by Gasteiger charge is 2.52. The van der Waals surface area contributed by atoms with Crippen molar-refractivity contribution in [3.8, 4) is 67.5 Å². The Morgan fingerprint density at radius 3 is 1.35 bits per heavy atom. The van der Waals surface area contributed by atoms with Gasteiger partial charge in [0.05, 0.1) is 27.5 Å². The summed E-state index contributed by atoms with van der Waals surface area (Å²) in [6.45, 7) is 0. The van der Waals surface area contributed by atoms with Gasteiger partial charge < -0.3 is 0 Å². The van der Waals surface area contributed by atoms with Crippen LogP contribution in [0.25, 0.3) is 89.6 Å². The van der Waals surface area contributed by atoms with Crippen LogP contribution in [0.15, 0.2) is 212 Å². The van der Waals surface area contributed by atoms with Gasteiger partial charge in [-0.2, -0.15) is 0 Å². The maximum Gasteiger partial charge on any atom is 0.145 e. The zero-order valence-electron chi connectivity index (χ0n) is 33.0. The normalized spacial score (nSPS) is 14.6. The largest absolute Gasteiger partial charge is 0.292 e. The molecular formula is C57H38BN4-. The number of hydrogen-bond acceptors (Lipinski definition) is 2. The van der Waals surface area contributed by atoms with Gasteiger partial charge in [0.25, 0.3) is 0 Å². The van der Waals surface area contributed by atoms with Gasteiger partial charge in [-0.05, 0) is 130 Å². The first-order chi connectivity index (χ1) is 30.7. The molecule has 1 spiro atoms. The molecule has 1 atom stereocenters. The highest BCUT2D eigenvalue weighted by Crippen LogP contribution is 2.63. The molecule has 0 saturated heterocycles. The van der Waals surface area contributed by atoms with Crippen molar-refractivity contribution in [3.63, 3.8) is 0 Å². The van der Waals surface area contributed by atoms with Gasteiger partial charge in [-0.1, -0.05) is 146 Å². The first kappa shape index (κ1) is 34.8. The average Bonchev–Trinajstić information content (AvgIpc) is 4.08. The summed E-state index contributed by atoms with van der Waals surface area (Å²) in [5.74, 6) is 1.77. The maximum absolute atomic E-state index is 5.42. The molecular weight excluding hydrogens is 751 g/mol. The third-order valence-electron chi connectivity index (χ3n) is 12.8. The van der Waals surface area contributed by atoms with Crippen LogP contribution in [0.3, 0.4) is 0 Å². The van der Waals surface area contributed by atoms with Crippen LogP contribution >= 0.6 is 0 Å². The van der Waals surface area contributed by atoms with E-state index in [9.17, 15) is 0 Å². The van der Waals surface area contributed by atoms with Crippen molar-refractivity contribution >= 4 is 35.4 Å². The van der Waals surface area contributed by atoms with Gasteiger partial charge in [-0.15, -0.1) is 0 Å². The number of fused-ring (bicyclic) bond motifs is 12. The molecule has 62 heavy (non-hydrogen) atoms. The molecule has 2 aliphatic carbocycles. The van der Waals surface area contributed by atoms with E-state index < -0.39 is 5.41 Å². The number of imidazole rings is 2. The van der Waals surface area contributed by atoms with Crippen molar-refractivity contribution in [2.24, 2.45) is 0 Å². The topological polar surface area (TPSA) is 35.6 Å². The van der Waals surface area contributed by atoms with Crippen LogP contribution in [0.4, 0.5) is 0 Å². The number of para-hydroxylation sites is 6. The van der Waals surface area contributed by atoms with Gasteiger partial charge in [0, 0.05) is 22.5 Å². The minimum atomic E-state index is -0.415. The molecule has 0 radical (unpaired) electrons. The van der Waals surface area contributed by atoms with Crippen molar-refractivity contribution in [3.05, 3.63) is 235 Å². The summed E-state index contributed by atoms with van der Waals surface area (Å²) in [5, 5.41) is 0. The van der Waals surface area contributed by atoms with Gasteiger partial charge in [0.2, 0.25) is 0 Å². The Balaban J connectivity index is 1.14. The molecule has 11 aromatic rings. The summed E-state index contributed by atoms with van der Waals surface area (Å²) in [7, 11) is -0.0625. The smallest absolute Gasteiger partial charge is 0.145 e. The molecule has 5 heteroatoms. The monoisotopic (exact) mass is 789 g/mol. The van der Waals surface area contributed by atoms with Crippen LogP contribution in [-0.4, -0.2) is 26.9 Å². The van der Waals surface area contributed by atoms with Crippen LogP contribution in [-0.2, 0) is 5.41 Å². The fourth-order valence-corrected chi connectivity index (χ4v) is 10.5. The molecule has 4 nitrogen and oxygen atoms in total. The van der Waals surface area contributed by atoms with E-state index in [1.165, 1.54) is 50.1 Å². The zero-order valence-corrected chi connectivity index (χ0v) is 33.0. The second-order valence-corrected chi connectivity index (χ2v) is 16.0. The van der Waals surface area contributed by atoms with Gasteiger partial charge in [0.15, 0.2) is 0 Å². The highest BCUT2D eigenvalue weighted by atomic mass is 15.1. The van der Waals surface area contributed by atoms with E-state index in [0.29, 0.717) is 0 Å². The minimum absolute atomic E-state index is 0.0625. The second-order valence-electron chi connectivity index (χ2n) is 16.0. The molecule has 290 valence electrons. The van der Waals surface area contributed by atoms with Crippen molar-refractivity contribution in [2.45, 2.75) is 5.41 Å². The van der Waals surface area contributed by atoms with E-state index in [2.05, 4.69) is 221 Å². The summed E-state index contributed by atoms with van der Waals surface area (Å²) < 4.78 is 4.61. The third kappa shape index (κ3) is 4.79. The van der Waals surface area contributed by atoms with E-state index in [0.717, 1.165) is 61.8 Å². The summed E-state index contributed by atoms with van der Waals surface area (Å²) in [6.07, 6.45) is 0. The molecule has 0 bridgehead atoms. The van der Waals surface area contributed by atoms with E-state index in [1.807, 2.05) is 0 Å². The maximum atomic E-state index is 5.42. The van der Waals surface area contributed by atoms with Gasteiger partial charge in [0.1, 0.15) is 11.6 Å². The lowest BCUT2D eigenvalue weighted by atomic mass is 9.70. The van der Waals surface area contributed by atoms with Crippen LogP contribution in [0, 0.1) is 0 Å². The summed E-state index contributed by atoms with van der Waals surface area (Å²) in [4.78, 5) is 10.8. The molecule has 0 saturated carbocycles. The number of benzene rings is 9. The Kier molecular flexibility index (Phi) is 7.43. The van der Waals surface area contributed by atoms with Gasteiger partial charge in [-0.25, -0.2) is 15.4 Å². The fourth-order valence-electron chi connectivity index (χ4n) is 10.5. The second kappa shape index (κ2) is 13.2. The predicted octanol–water partition coefficient (Wildman–Crippen LogP) is 11.7. The molecule has 2 aliphatic rings. The fraction of sp³-hybridized carbons (Fsp3) is 0.0175. The number of aromatic nitrogens is 4. The first-order valence-electron chi connectivity index (χ1n) is 20.8. The summed E-state index contributed by atoms with van der Waals surface area (Å²) in [6, 6.07) is 77.6. The Labute approximate surface area is 360 Å². The van der Waals surface area contributed by atoms with E-state index in [4.69, 9.17) is 9.97 Å². The Bertz CT molecular complexity index is 3470. The number of rotatable bonds is 5. The molecule has 13 rings (SSSR count). The van der Waals surface area contributed by atoms with Crippen LogP contribution in [0.1, 0.15) is 22.3 Å². The standard InChI is InChI=1S/C57H38BN4/c58-48-28-16-27-47-54(48)43-22-8-10-25-45(43)57(47)44-24-9-7-21-42(44)53-41(23-15-26-46(53)57)36-33-37(55-59-49-29-11-13-31-51(49)61(55)39-17-3-1-4-18-39)35-38(34-36)56-60-50-30-12-14-32-52(50)62(56)40-19-5-2-6-20-40/h1-35H,58H3/q-1. The SMILES string of the molecule is [BH3-]c1cccc2c1-c1ccccc1C21c2ccccc2-c2c(-c3cc(-c4nc5ccccc5n4-c4ccccc4)cc(-c4nc5ccccc5n4-c4ccccc4)c3)cccc21. The molecule has 9 aromatic carbocycles. The average molecular weight is 790 g/mol. The highest BCUT2D eigenvalue weighted by molar-refractivity contribution is 6.36. The van der Waals surface area contributed by atoms with Crippen LogP contribution in [0.5, 0.6) is 0 Å². The van der Waals surface area contributed by atoms with E-state index in [1.54, 1.807) is 5.46 Å². The molecule has 0 N–H and O–H groups in total. The third-order valence-corrected chi connectivity index (χ3v) is 12.8. The first-order valence-corrected chi connectivity index (χ1v) is 20.8. The Morgan fingerprint density at radius 1 is 0.355 bits per heavy atom.